The van der Waals surface area contributed by atoms with Crippen molar-refractivity contribution in [1.82, 2.24) is 9.97 Å². The van der Waals surface area contributed by atoms with Crippen molar-refractivity contribution in [3.63, 3.8) is 0 Å². The molecule has 0 spiro atoms. The highest BCUT2D eigenvalue weighted by Crippen LogP contribution is 2.24. The van der Waals surface area contributed by atoms with Crippen molar-refractivity contribution in [3.8, 4) is 17.4 Å². The molecule has 0 unspecified atom stereocenters. The molecule has 1 atom stereocenters. The number of aliphatic carboxylic acids is 1. The lowest BCUT2D eigenvalue weighted by atomic mass is 10.3. The van der Waals surface area contributed by atoms with E-state index in [4.69, 9.17) is 14.6 Å². The monoisotopic (exact) mass is 328 g/mol. The smallest absolute Gasteiger partial charge is 0.344 e. The van der Waals surface area contributed by atoms with Gasteiger partial charge in [-0.25, -0.2) is 19.2 Å². The average Bonchev–Trinajstić information content (AvgIpc) is 2.56. The Kier molecular flexibility index (Phi) is 4.24. The van der Waals surface area contributed by atoms with Gasteiger partial charge in [0.25, 0.3) is 0 Å². The summed E-state index contributed by atoms with van der Waals surface area (Å²) < 4.78 is 23.9. The number of carboxylic acid groups (broad SMARTS) is 1. The highest BCUT2D eigenvalue weighted by molar-refractivity contribution is 5.74. The minimum Gasteiger partial charge on any atom is -0.479 e. The summed E-state index contributed by atoms with van der Waals surface area (Å²) in [6.07, 6.45) is 0.460. The zero-order valence-electron chi connectivity index (χ0n) is 12.6. The van der Waals surface area contributed by atoms with Gasteiger partial charge in [0.2, 0.25) is 5.88 Å². The number of fused-ring (bicyclic) bond motifs is 1. The summed E-state index contributed by atoms with van der Waals surface area (Å²) in [5, 5.41) is 8.81. The maximum Gasteiger partial charge on any atom is 0.344 e. The molecule has 0 aliphatic carbocycles. The fraction of sp³-hybridized carbons (Fsp3) is 0.118. The third kappa shape index (κ3) is 3.57. The Morgan fingerprint density at radius 2 is 1.83 bits per heavy atom. The van der Waals surface area contributed by atoms with E-state index in [9.17, 15) is 9.18 Å². The summed E-state index contributed by atoms with van der Waals surface area (Å²) in [7, 11) is 0. The van der Waals surface area contributed by atoms with E-state index in [-0.39, 0.29) is 11.7 Å². The lowest BCUT2D eigenvalue weighted by Gasteiger charge is -2.11. The van der Waals surface area contributed by atoms with Crippen molar-refractivity contribution in [1.29, 1.82) is 0 Å². The molecule has 1 heterocycles. The largest absolute Gasteiger partial charge is 0.479 e. The number of rotatable bonds is 5. The average molecular weight is 328 g/mol. The number of benzene rings is 2. The SMILES string of the molecule is C[C@@H](Oc1ccc(Oc2cnc3cc(F)ccc3n2)cc1)C(=O)O. The number of ether oxygens (including phenoxy) is 2. The molecule has 122 valence electrons. The summed E-state index contributed by atoms with van der Waals surface area (Å²) in [5.41, 5.74) is 0.956. The van der Waals surface area contributed by atoms with Crippen LogP contribution in [0.4, 0.5) is 4.39 Å². The van der Waals surface area contributed by atoms with Gasteiger partial charge in [-0.2, -0.15) is 0 Å². The molecule has 1 N–H and O–H groups in total. The van der Waals surface area contributed by atoms with Gasteiger partial charge in [-0.15, -0.1) is 0 Å². The zero-order chi connectivity index (χ0) is 17.1. The Labute approximate surface area is 136 Å². The van der Waals surface area contributed by atoms with E-state index in [0.717, 1.165) is 0 Å². The predicted octanol–water partition coefficient (Wildman–Crippen LogP) is 3.41. The van der Waals surface area contributed by atoms with Gasteiger partial charge in [0.1, 0.15) is 17.3 Å². The van der Waals surface area contributed by atoms with Gasteiger partial charge in [0.15, 0.2) is 6.10 Å². The molecule has 0 saturated heterocycles. The number of carbonyl (C=O) groups is 1. The van der Waals surface area contributed by atoms with Crippen molar-refractivity contribution >= 4 is 17.0 Å². The van der Waals surface area contributed by atoms with Crippen LogP contribution in [0, 0.1) is 5.82 Å². The molecule has 6 nitrogen and oxygen atoms in total. The van der Waals surface area contributed by atoms with Gasteiger partial charge in [-0.3, -0.25) is 0 Å². The van der Waals surface area contributed by atoms with Crippen molar-refractivity contribution in [2.24, 2.45) is 0 Å². The van der Waals surface area contributed by atoms with Crippen LogP contribution in [-0.2, 0) is 4.79 Å². The highest BCUT2D eigenvalue weighted by Gasteiger charge is 2.12. The molecule has 0 radical (unpaired) electrons. The maximum absolute atomic E-state index is 13.1. The number of aromatic nitrogens is 2. The molecule has 0 aliphatic rings. The van der Waals surface area contributed by atoms with Crippen LogP contribution in [0.1, 0.15) is 6.92 Å². The van der Waals surface area contributed by atoms with Gasteiger partial charge >= 0.3 is 5.97 Å². The first-order chi connectivity index (χ1) is 11.5. The van der Waals surface area contributed by atoms with Crippen LogP contribution in [-0.4, -0.2) is 27.1 Å². The topological polar surface area (TPSA) is 81.5 Å². The van der Waals surface area contributed by atoms with E-state index >= 15 is 0 Å². The second-order valence-electron chi connectivity index (χ2n) is 5.01. The Morgan fingerprint density at radius 1 is 1.12 bits per heavy atom. The molecule has 0 fully saturated rings. The van der Waals surface area contributed by atoms with E-state index < -0.39 is 12.1 Å². The third-order valence-electron chi connectivity index (χ3n) is 3.19. The first-order valence-corrected chi connectivity index (χ1v) is 7.11. The Hall–Kier alpha value is -3.22. The predicted molar refractivity (Wildman–Crippen MR) is 83.7 cm³/mol. The van der Waals surface area contributed by atoms with Crippen LogP contribution in [0.15, 0.2) is 48.7 Å². The quantitative estimate of drug-likeness (QED) is 0.773. The second kappa shape index (κ2) is 6.49. The Morgan fingerprint density at radius 3 is 2.54 bits per heavy atom. The van der Waals surface area contributed by atoms with E-state index in [1.807, 2.05) is 0 Å². The van der Waals surface area contributed by atoms with Gasteiger partial charge in [-0.05, 0) is 43.3 Å². The number of carboxylic acids is 1. The highest BCUT2D eigenvalue weighted by atomic mass is 19.1. The van der Waals surface area contributed by atoms with Crippen LogP contribution < -0.4 is 9.47 Å². The normalized spacial score (nSPS) is 11.9. The van der Waals surface area contributed by atoms with Crippen molar-refractivity contribution in [2.45, 2.75) is 13.0 Å². The Balaban J connectivity index is 1.74. The molecule has 2 aromatic carbocycles. The minimum atomic E-state index is -1.04. The molecule has 0 amide bonds. The van der Waals surface area contributed by atoms with E-state index in [2.05, 4.69) is 9.97 Å². The van der Waals surface area contributed by atoms with Crippen molar-refractivity contribution in [2.75, 3.05) is 0 Å². The molecule has 7 heteroatoms. The summed E-state index contributed by atoms with van der Waals surface area (Å²) in [6.45, 7) is 1.44. The maximum atomic E-state index is 13.1. The van der Waals surface area contributed by atoms with Crippen LogP contribution in [0.3, 0.4) is 0 Å². The first-order valence-electron chi connectivity index (χ1n) is 7.11. The van der Waals surface area contributed by atoms with Gasteiger partial charge < -0.3 is 14.6 Å². The van der Waals surface area contributed by atoms with Crippen LogP contribution in [0.2, 0.25) is 0 Å². The fourth-order valence-corrected chi connectivity index (χ4v) is 1.98. The van der Waals surface area contributed by atoms with Crippen molar-refractivity contribution in [3.05, 3.63) is 54.5 Å². The van der Waals surface area contributed by atoms with Gasteiger partial charge in [0, 0.05) is 6.07 Å². The first kappa shape index (κ1) is 15.7. The van der Waals surface area contributed by atoms with E-state index in [0.29, 0.717) is 22.5 Å². The fourth-order valence-electron chi connectivity index (χ4n) is 1.98. The van der Waals surface area contributed by atoms with E-state index in [1.165, 1.54) is 31.3 Å². The third-order valence-corrected chi connectivity index (χ3v) is 3.19. The molecule has 3 aromatic rings. The number of hydrogen-bond donors (Lipinski definition) is 1. The van der Waals surface area contributed by atoms with Crippen molar-refractivity contribution < 1.29 is 23.8 Å². The number of halogens is 1. The molecular weight excluding hydrogens is 315 g/mol. The summed E-state index contributed by atoms with van der Waals surface area (Å²) >= 11 is 0. The van der Waals surface area contributed by atoms with E-state index in [1.54, 1.807) is 24.3 Å². The molecule has 0 bridgehead atoms. The summed E-state index contributed by atoms with van der Waals surface area (Å²) in [5.74, 6) is -0.255. The molecule has 24 heavy (non-hydrogen) atoms. The molecule has 0 saturated carbocycles. The number of nitrogens with zero attached hydrogens (tertiary/aromatic N) is 2. The minimum absolute atomic E-state index is 0.265. The molecule has 1 aromatic heterocycles. The van der Waals surface area contributed by atoms with Crippen LogP contribution in [0.25, 0.3) is 11.0 Å². The van der Waals surface area contributed by atoms with Crippen LogP contribution in [0.5, 0.6) is 17.4 Å². The van der Waals surface area contributed by atoms with Crippen LogP contribution >= 0.6 is 0 Å². The van der Waals surface area contributed by atoms with Gasteiger partial charge in [0.05, 0.1) is 17.2 Å². The zero-order valence-corrected chi connectivity index (χ0v) is 12.6. The lowest BCUT2D eigenvalue weighted by molar-refractivity contribution is -0.144. The standard InChI is InChI=1S/C17H13FN2O4/c1-10(17(21)22)23-12-3-5-13(6-4-12)24-16-9-19-15-8-11(18)2-7-14(15)20-16/h2-10H,1H3,(H,21,22)/t10-/m1/s1. The Bertz CT molecular complexity index is 883. The summed E-state index contributed by atoms with van der Waals surface area (Å²) in [4.78, 5) is 19.1. The lowest BCUT2D eigenvalue weighted by Crippen LogP contribution is -2.22. The molecule has 3 rings (SSSR count). The van der Waals surface area contributed by atoms with Gasteiger partial charge in [-0.1, -0.05) is 0 Å². The second-order valence-corrected chi connectivity index (χ2v) is 5.01. The molecule has 0 aliphatic heterocycles. The molecular formula is C17H13FN2O4. The number of hydrogen-bond acceptors (Lipinski definition) is 5. The summed E-state index contributed by atoms with van der Waals surface area (Å²) in [6, 6.07) is 10.6.